The van der Waals surface area contributed by atoms with Crippen LogP contribution in [0.3, 0.4) is 0 Å². The van der Waals surface area contributed by atoms with E-state index in [2.05, 4.69) is 9.97 Å². The van der Waals surface area contributed by atoms with Gasteiger partial charge in [-0.3, -0.25) is 4.79 Å². The molecule has 0 atom stereocenters. The third-order valence-electron chi connectivity index (χ3n) is 2.95. The van der Waals surface area contributed by atoms with Gasteiger partial charge in [-0.2, -0.15) is 0 Å². The monoisotopic (exact) mass is 334 g/mol. The quantitative estimate of drug-likeness (QED) is 0.864. The van der Waals surface area contributed by atoms with Crippen molar-refractivity contribution in [2.75, 3.05) is 6.61 Å². The Morgan fingerprint density at radius 3 is 2.94 bits per heavy atom. The van der Waals surface area contributed by atoms with Crippen molar-refractivity contribution in [2.24, 2.45) is 5.92 Å². The summed E-state index contributed by atoms with van der Waals surface area (Å²) >= 11 is 1.97. The molecule has 1 aromatic rings. The second kappa shape index (κ2) is 5.65. The third-order valence-corrected chi connectivity index (χ3v) is 3.90. The molecule has 4 nitrogen and oxygen atoms in total. The van der Waals surface area contributed by atoms with Crippen LogP contribution >= 0.6 is 22.6 Å². The van der Waals surface area contributed by atoms with Crippen LogP contribution in [0.4, 0.5) is 0 Å². The summed E-state index contributed by atoms with van der Waals surface area (Å²) in [6, 6.07) is 0. The Balaban J connectivity index is 1.93. The molecule has 1 heterocycles. The zero-order valence-electron chi connectivity index (χ0n) is 9.04. The molecule has 0 saturated heterocycles. The van der Waals surface area contributed by atoms with E-state index in [1.54, 1.807) is 0 Å². The fraction of sp³-hybridized carbons (Fsp3) is 0.636. The van der Waals surface area contributed by atoms with E-state index in [4.69, 9.17) is 4.74 Å². The molecule has 0 radical (unpaired) electrons. The van der Waals surface area contributed by atoms with Crippen LogP contribution in [-0.4, -0.2) is 16.6 Å². The lowest BCUT2D eigenvalue weighted by atomic mass is 9.90. The number of aromatic amines is 1. The van der Waals surface area contributed by atoms with Crippen LogP contribution in [0, 0.1) is 9.49 Å². The molecule has 2 rings (SSSR count). The number of aromatic nitrogens is 2. The summed E-state index contributed by atoms with van der Waals surface area (Å²) in [5.74, 6) is 1.10. The first-order chi connectivity index (χ1) is 7.77. The number of nitrogens with one attached hydrogen (secondary N) is 1. The standard InChI is InChI=1S/C11H15IN2O2/c12-9-10(15)13-7-14-11(9)16-6-8-4-2-1-3-5-8/h7-8H,1-6H2,(H,13,14,15). The predicted molar refractivity (Wildman–Crippen MR) is 69.6 cm³/mol. The average molecular weight is 334 g/mol. The van der Waals surface area contributed by atoms with Crippen molar-refractivity contribution in [3.05, 3.63) is 20.3 Å². The molecule has 0 aromatic carbocycles. The maximum absolute atomic E-state index is 11.3. The molecule has 0 amide bonds. The summed E-state index contributed by atoms with van der Waals surface area (Å²) in [5.41, 5.74) is -0.130. The molecular formula is C11H15IN2O2. The van der Waals surface area contributed by atoms with Gasteiger partial charge in [-0.15, -0.1) is 0 Å². The van der Waals surface area contributed by atoms with Gasteiger partial charge in [0.2, 0.25) is 5.88 Å². The smallest absolute Gasteiger partial charge is 0.268 e. The SMILES string of the molecule is O=c1[nH]cnc(OCC2CCCCC2)c1I. The Morgan fingerprint density at radius 2 is 2.19 bits per heavy atom. The number of rotatable bonds is 3. The van der Waals surface area contributed by atoms with Gasteiger partial charge in [0.25, 0.3) is 5.56 Å². The number of hydrogen-bond acceptors (Lipinski definition) is 3. The second-order valence-electron chi connectivity index (χ2n) is 4.17. The van der Waals surface area contributed by atoms with Crippen molar-refractivity contribution < 1.29 is 4.74 Å². The lowest BCUT2D eigenvalue weighted by Crippen LogP contribution is -2.18. The summed E-state index contributed by atoms with van der Waals surface area (Å²) in [4.78, 5) is 17.9. The molecule has 1 fully saturated rings. The van der Waals surface area contributed by atoms with Crippen LogP contribution in [0.1, 0.15) is 32.1 Å². The normalized spacial score (nSPS) is 17.3. The Hall–Kier alpha value is -0.590. The van der Waals surface area contributed by atoms with Crippen molar-refractivity contribution in [1.29, 1.82) is 0 Å². The number of nitrogens with zero attached hydrogens (tertiary/aromatic N) is 1. The van der Waals surface area contributed by atoms with E-state index in [9.17, 15) is 4.79 Å². The van der Waals surface area contributed by atoms with Gasteiger partial charge >= 0.3 is 0 Å². The van der Waals surface area contributed by atoms with E-state index < -0.39 is 0 Å². The molecule has 1 aliphatic rings. The van der Waals surface area contributed by atoms with Gasteiger partial charge in [-0.05, 0) is 41.4 Å². The van der Waals surface area contributed by atoms with Crippen molar-refractivity contribution in [1.82, 2.24) is 9.97 Å². The average Bonchev–Trinajstić information content (AvgIpc) is 2.32. The highest BCUT2D eigenvalue weighted by Crippen LogP contribution is 2.24. The zero-order valence-corrected chi connectivity index (χ0v) is 11.2. The first kappa shape index (κ1) is 11.9. The third kappa shape index (κ3) is 2.96. The van der Waals surface area contributed by atoms with E-state index >= 15 is 0 Å². The Bertz CT molecular complexity index is 399. The van der Waals surface area contributed by atoms with E-state index in [0.717, 1.165) is 0 Å². The maximum atomic E-state index is 11.3. The van der Waals surface area contributed by atoms with Gasteiger partial charge in [-0.25, -0.2) is 4.98 Å². The topological polar surface area (TPSA) is 55.0 Å². The van der Waals surface area contributed by atoms with Crippen LogP contribution < -0.4 is 10.3 Å². The highest BCUT2D eigenvalue weighted by molar-refractivity contribution is 14.1. The summed E-state index contributed by atoms with van der Waals surface area (Å²) < 4.78 is 6.16. The van der Waals surface area contributed by atoms with Gasteiger partial charge in [0.05, 0.1) is 12.9 Å². The van der Waals surface area contributed by atoms with Crippen LogP contribution in [0.15, 0.2) is 11.1 Å². The number of ether oxygens (including phenoxy) is 1. The highest BCUT2D eigenvalue weighted by atomic mass is 127. The molecule has 88 valence electrons. The lowest BCUT2D eigenvalue weighted by molar-refractivity contribution is 0.201. The Kier molecular flexibility index (Phi) is 4.20. The molecule has 1 aromatic heterocycles. The van der Waals surface area contributed by atoms with Crippen molar-refractivity contribution in [3.8, 4) is 5.88 Å². The molecule has 0 unspecified atom stereocenters. The molecule has 0 aliphatic heterocycles. The number of hydrogen-bond donors (Lipinski definition) is 1. The van der Waals surface area contributed by atoms with Gasteiger partial charge in [-0.1, -0.05) is 19.3 Å². The van der Waals surface area contributed by atoms with Crippen LogP contribution in [0.25, 0.3) is 0 Å². The molecule has 1 N–H and O–H groups in total. The van der Waals surface area contributed by atoms with Crippen LogP contribution in [0.2, 0.25) is 0 Å². The van der Waals surface area contributed by atoms with Gasteiger partial charge in [0.1, 0.15) is 3.57 Å². The minimum absolute atomic E-state index is 0.130. The molecule has 16 heavy (non-hydrogen) atoms. The van der Waals surface area contributed by atoms with Crippen LogP contribution in [0.5, 0.6) is 5.88 Å². The predicted octanol–water partition coefficient (Wildman–Crippen LogP) is 2.33. The van der Waals surface area contributed by atoms with Gasteiger partial charge in [0.15, 0.2) is 0 Å². The summed E-state index contributed by atoms with van der Waals surface area (Å²) in [5, 5.41) is 0. The molecule has 5 heteroatoms. The fourth-order valence-corrected chi connectivity index (χ4v) is 2.47. The maximum Gasteiger partial charge on any atom is 0.268 e. The molecule has 1 aliphatic carbocycles. The van der Waals surface area contributed by atoms with Crippen molar-refractivity contribution in [2.45, 2.75) is 32.1 Å². The zero-order chi connectivity index (χ0) is 11.4. The highest BCUT2D eigenvalue weighted by Gasteiger charge is 2.15. The van der Waals surface area contributed by atoms with Crippen LogP contribution in [-0.2, 0) is 0 Å². The molecule has 0 spiro atoms. The Morgan fingerprint density at radius 1 is 1.44 bits per heavy atom. The van der Waals surface area contributed by atoms with Crippen molar-refractivity contribution >= 4 is 22.6 Å². The van der Waals surface area contributed by atoms with E-state index in [0.29, 0.717) is 22.0 Å². The summed E-state index contributed by atoms with van der Waals surface area (Å²) in [7, 11) is 0. The molecule has 1 saturated carbocycles. The minimum Gasteiger partial charge on any atom is -0.476 e. The number of H-pyrrole nitrogens is 1. The van der Waals surface area contributed by atoms with Crippen molar-refractivity contribution in [3.63, 3.8) is 0 Å². The first-order valence-electron chi connectivity index (χ1n) is 5.63. The van der Waals surface area contributed by atoms with Gasteiger partial charge < -0.3 is 9.72 Å². The second-order valence-corrected chi connectivity index (χ2v) is 5.24. The largest absolute Gasteiger partial charge is 0.476 e. The minimum atomic E-state index is -0.130. The number of halogens is 1. The lowest BCUT2D eigenvalue weighted by Gasteiger charge is -2.21. The van der Waals surface area contributed by atoms with E-state index in [-0.39, 0.29) is 5.56 Å². The summed E-state index contributed by atoms with van der Waals surface area (Å²) in [6.45, 7) is 0.687. The van der Waals surface area contributed by atoms with E-state index in [1.807, 2.05) is 22.6 Å². The van der Waals surface area contributed by atoms with Gasteiger partial charge in [0, 0.05) is 0 Å². The first-order valence-corrected chi connectivity index (χ1v) is 6.71. The molecular weight excluding hydrogens is 319 g/mol. The summed E-state index contributed by atoms with van der Waals surface area (Å²) in [6.07, 6.45) is 7.80. The Labute approximate surface area is 108 Å². The fourth-order valence-electron chi connectivity index (χ4n) is 2.02. The van der Waals surface area contributed by atoms with E-state index in [1.165, 1.54) is 38.4 Å². The molecule has 0 bridgehead atoms.